The Morgan fingerprint density at radius 3 is 1.72 bits per heavy atom. The molecule has 0 aliphatic heterocycles. The van der Waals surface area contributed by atoms with Crippen LogP contribution >= 0.6 is 11.8 Å². The standard InChI is InChI=1S/C35H58FN7O10S/c36-12-15-51-16-17-52-18-19-53-20-21-54-25-32(46)41-27(10-4-6-13-37)33(47)39-24-31(45)43-29(22-26-8-2-1-3-9-26)34(48)40-23-30(44)42-28(35(49)50)11-5-7-14-38/h1-3,8-9,27-29H,4-7,10-25,37-38H2,(H,39,47)(H,40,48)(H,41,46)(H,42,44)(H,43,45)(H,49,50)/t27-,28-,29-/m0/s1/i36-1. The molecule has 0 saturated heterocycles. The molecule has 1 aromatic rings. The maximum atomic E-state index is 13.1. The number of nitrogens with one attached hydrogen (secondary N) is 5. The van der Waals surface area contributed by atoms with Crippen molar-refractivity contribution in [3.8, 4) is 0 Å². The Morgan fingerprint density at radius 1 is 0.667 bits per heavy atom. The number of benzene rings is 1. The van der Waals surface area contributed by atoms with Crippen LogP contribution in [0.25, 0.3) is 0 Å². The molecule has 19 heteroatoms. The highest BCUT2D eigenvalue weighted by molar-refractivity contribution is 7.99. The van der Waals surface area contributed by atoms with Gasteiger partial charge in [0.15, 0.2) is 0 Å². The summed E-state index contributed by atoms with van der Waals surface area (Å²) in [5.41, 5.74) is 11.8. The first-order valence-corrected chi connectivity index (χ1v) is 19.2. The maximum Gasteiger partial charge on any atom is 0.326 e. The molecule has 0 unspecified atom stereocenters. The SMILES string of the molecule is NCCCC[C@H](NC(=O)CNC(=O)[C@H](Cc1ccccc1)NC(=O)CNC(=O)[C@H](CCCCN)NC(=O)CSCCOCCOCCOCC[18F])C(=O)O. The number of carboxylic acids is 1. The second-order valence-electron chi connectivity index (χ2n) is 12.0. The largest absolute Gasteiger partial charge is 0.480 e. The second kappa shape index (κ2) is 31.5. The molecule has 0 saturated carbocycles. The van der Waals surface area contributed by atoms with Gasteiger partial charge in [0, 0.05) is 12.2 Å². The molecule has 0 aliphatic rings. The Bertz CT molecular complexity index is 1240. The second-order valence-corrected chi connectivity index (χ2v) is 13.1. The third-order valence-corrected chi connectivity index (χ3v) is 8.45. The van der Waals surface area contributed by atoms with Gasteiger partial charge >= 0.3 is 5.97 Å². The number of unbranched alkanes of at least 4 members (excludes halogenated alkanes) is 2. The van der Waals surface area contributed by atoms with E-state index in [0.717, 1.165) is 0 Å². The van der Waals surface area contributed by atoms with Gasteiger partial charge in [-0.25, -0.2) is 9.18 Å². The van der Waals surface area contributed by atoms with Crippen molar-refractivity contribution in [2.45, 2.75) is 63.1 Å². The minimum atomic E-state index is -1.21. The van der Waals surface area contributed by atoms with E-state index in [2.05, 4.69) is 26.6 Å². The average Bonchev–Trinajstić information content (AvgIpc) is 3.15. The van der Waals surface area contributed by atoms with Crippen LogP contribution in [0.1, 0.15) is 44.1 Å². The van der Waals surface area contributed by atoms with Gasteiger partial charge in [0.2, 0.25) is 29.5 Å². The van der Waals surface area contributed by atoms with Gasteiger partial charge in [-0.05, 0) is 57.2 Å². The monoisotopic (exact) mass is 786 g/mol. The van der Waals surface area contributed by atoms with Crippen LogP contribution in [0.2, 0.25) is 0 Å². The van der Waals surface area contributed by atoms with Crippen LogP contribution in [0, 0.1) is 0 Å². The highest BCUT2D eigenvalue weighted by atomic mass is 32.2. The topological polar surface area (TPSA) is 263 Å². The third kappa shape index (κ3) is 24.4. The zero-order valence-electron chi connectivity index (χ0n) is 30.8. The molecule has 0 radical (unpaired) electrons. The Hall–Kier alpha value is -3.88. The van der Waals surface area contributed by atoms with Crippen molar-refractivity contribution in [2.75, 3.05) is 84.0 Å². The van der Waals surface area contributed by atoms with Gasteiger partial charge in [0.25, 0.3) is 0 Å². The van der Waals surface area contributed by atoms with Crippen LogP contribution in [0.4, 0.5) is 4.39 Å². The lowest BCUT2D eigenvalue weighted by atomic mass is 10.1. The molecule has 10 N–H and O–H groups in total. The van der Waals surface area contributed by atoms with E-state index < -0.39 is 67.5 Å². The normalized spacial score (nSPS) is 12.6. The zero-order chi connectivity index (χ0) is 39.8. The summed E-state index contributed by atoms with van der Waals surface area (Å²) in [7, 11) is 0. The number of hydrogen-bond donors (Lipinski definition) is 8. The number of carboxylic acid groups (broad SMARTS) is 1. The van der Waals surface area contributed by atoms with Crippen molar-refractivity contribution >= 4 is 47.3 Å². The van der Waals surface area contributed by atoms with Crippen molar-refractivity contribution < 1.29 is 52.5 Å². The lowest BCUT2D eigenvalue weighted by Crippen LogP contribution is -2.54. The molecule has 0 aromatic heterocycles. The van der Waals surface area contributed by atoms with Crippen molar-refractivity contribution in [2.24, 2.45) is 11.5 Å². The van der Waals surface area contributed by atoms with Gasteiger partial charge in [-0.2, -0.15) is 0 Å². The summed E-state index contributed by atoms with van der Waals surface area (Å²) < 4.78 is 27.7. The van der Waals surface area contributed by atoms with Crippen LogP contribution < -0.4 is 38.1 Å². The van der Waals surface area contributed by atoms with Gasteiger partial charge in [-0.1, -0.05) is 30.3 Å². The van der Waals surface area contributed by atoms with Crippen LogP contribution in [0.5, 0.6) is 0 Å². The number of aliphatic carboxylic acids is 1. The van der Waals surface area contributed by atoms with E-state index in [1.165, 1.54) is 11.8 Å². The average molecular weight is 787 g/mol. The van der Waals surface area contributed by atoms with E-state index in [9.17, 15) is 38.3 Å². The molecule has 1 rings (SSSR count). The fraction of sp³-hybridized carbons (Fsp3) is 0.657. The highest BCUT2D eigenvalue weighted by Crippen LogP contribution is 2.06. The van der Waals surface area contributed by atoms with Crippen molar-refractivity contribution in [1.29, 1.82) is 0 Å². The summed E-state index contributed by atoms with van der Waals surface area (Å²) in [6.07, 6.45) is 2.81. The maximum absolute atomic E-state index is 13.1. The zero-order valence-corrected chi connectivity index (χ0v) is 31.6. The molecule has 54 heavy (non-hydrogen) atoms. The number of thioether (sulfide) groups is 1. The number of carbonyl (C=O) groups is 6. The molecular formula is C35H58FN7O10S. The van der Waals surface area contributed by atoms with E-state index >= 15 is 0 Å². The highest BCUT2D eigenvalue weighted by Gasteiger charge is 2.25. The van der Waals surface area contributed by atoms with E-state index in [-0.39, 0.29) is 31.1 Å². The number of hydrogen-bond acceptors (Lipinski definition) is 12. The predicted molar refractivity (Wildman–Crippen MR) is 201 cm³/mol. The lowest BCUT2D eigenvalue weighted by Gasteiger charge is -2.21. The first kappa shape index (κ1) is 48.1. The molecule has 0 aliphatic carbocycles. The van der Waals surface area contributed by atoms with Crippen LogP contribution in [-0.2, 0) is 49.4 Å². The summed E-state index contributed by atoms with van der Waals surface area (Å²) in [6.45, 7) is 1.01. The quantitative estimate of drug-likeness (QED) is 0.0399. The van der Waals surface area contributed by atoms with Crippen molar-refractivity contribution in [1.82, 2.24) is 26.6 Å². The summed E-state index contributed by atoms with van der Waals surface area (Å²) in [5, 5.41) is 22.1. The van der Waals surface area contributed by atoms with Crippen LogP contribution in [0.3, 0.4) is 0 Å². The van der Waals surface area contributed by atoms with Crippen LogP contribution in [0.15, 0.2) is 30.3 Å². The van der Waals surface area contributed by atoms with E-state index in [0.29, 0.717) is 89.5 Å². The first-order valence-electron chi connectivity index (χ1n) is 18.1. The van der Waals surface area contributed by atoms with Gasteiger partial charge in [-0.15, -0.1) is 11.8 Å². The Balaban J connectivity index is 2.64. The molecule has 0 fully saturated rings. The summed E-state index contributed by atoms with van der Waals surface area (Å²) in [4.78, 5) is 75.9. The minimum absolute atomic E-state index is 0.0434. The first-order chi connectivity index (χ1) is 26.1. The van der Waals surface area contributed by atoms with Crippen LogP contribution in [-0.4, -0.2) is 143 Å². The fourth-order valence-corrected chi connectivity index (χ4v) is 5.41. The number of carbonyl (C=O) groups excluding carboxylic acids is 5. The Morgan fingerprint density at radius 2 is 1.17 bits per heavy atom. The molecular weight excluding hydrogens is 728 g/mol. The molecule has 3 atom stereocenters. The lowest BCUT2D eigenvalue weighted by molar-refractivity contribution is -0.142. The number of alkyl halides is 1. The van der Waals surface area contributed by atoms with Gasteiger partial charge in [-0.3, -0.25) is 24.0 Å². The number of ether oxygens (including phenoxy) is 3. The smallest absolute Gasteiger partial charge is 0.326 e. The molecule has 0 heterocycles. The molecule has 17 nitrogen and oxygen atoms in total. The summed E-state index contributed by atoms with van der Waals surface area (Å²) in [6, 6.07) is 5.63. The minimum Gasteiger partial charge on any atom is -0.480 e. The molecule has 1 aromatic carbocycles. The fourth-order valence-electron chi connectivity index (χ4n) is 4.76. The van der Waals surface area contributed by atoms with Gasteiger partial charge < -0.3 is 57.4 Å². The molecule has 0 spiro atoms. The van der Waals surface area contributed by atoms with Crippen molar-refractivity contribution in [3.05, 3.63) is 35.9 Å². The summed E-state index contributed by atoms with van der Waals surface area (Å²) in [5.74, 6) is -3.66. The van der Waals surface area contributed by atoms with Crippen molar-refractivity contribution in [3.63, 3.8) is 0 Å². The number of halogens is 1. The third-order valence-electron chi connectivity index (χ3n) is 7.53. The molecule has 0 bridgehead atoms. The Kier molecular flexibility index (Phi) is 28.1. The summed E-state index contributed by atoms with van der Waals surface area (Å²) >= 11 is 1.32. The predicted octanol–water partition coefficient (Wildman–Crippen LogP) is -0.989. The number of nitrogens with two attached hydrogens (primary N) is 2. The van der Waals surface area contributed by atoms with E-state index in [1.54, 1.807) is 30.3 Å². The molecule has 306 valence electrons. The van der Waals surface area contributed by atoms with E-state index in [4.69, 9.17) is 25.7 Å². The van der Waals surface area contributed by atoms with E-state index in [1.807, 2.05) is 0 Å². The number of amides is 5. The van der Waals surface area contributed by atoms with Gasteiger partial charge in [0.1, 0.15) is 24.8 Å². The van der Waals surface area contributed by atoms with Gasteiger partial charge in [0.05, 0.1) is 58.5 Å². The molecule has 5 amide bonds. The number of rotatable bonds is 33. The Labute approximate surface area is 320 Å².